The molecule has 0 rings (SSSR count). The van der Waals surface area contributed by atoms with Crippen molar-refractivity contribution in [3.63, 3.8) is 0 Å². The Bertz CT molecular complexity index is 930. The van der Waals surface area contributed by atoms with Crippen molar-refractivity contribution in [3.8, 4) is 0 Å². The van der Waals surface area contributed by atoms with E-state index in [1.165, 1.54) is 212 Å². The fourth-order valence-corrected chi connectivity index (χ4v) is 8.59. The molecule has 0 aromatic carbocycles. The normalized spacial score (nSPS) is 13.5. The van der Waals surface area contributed by atoms with Crippen LogP contribution in [0.5, 0.6) is 0 Å². The molecule has 1 unspecified atom stereocenters. The van der Waals surface area contributed by atoms with Crippen molar-refractivity contribution in [2.45, 2.75) is 270 Å². The van der Waals surface area contributed by atoms with E-state index < -0.39 is 13.9 Å². The van der Waals surface area contributed by atoms with Gasteiger partial charge in [0.15, 0.2) is 0 Å². The van der Waals surface area contributed by atoms with Gasteiger partial charge in [0, 0.05) is 13.0 Å². The van der Waals surface area contributed by atoms with E-state index in [0.717, 1.165) is 32.1 Å². The number of ether oxygens (including phenoxy) is 2. The van der Waals surface area contributed by atoms with Gasteiger partial charge in [0.2, 0.25) is 0 Å². The van der Waals surface area contributed by atoms with Crippen molar-refractivity contribution in [2.24, 2.45) is 0 Å². The molecule has 0 heterocycles. The molecule has 60 heavy (non-hydrogen) atoms. The summed E-state index contributed by atoms with van der Waals surface area (Å²) in [7, 11) is 1.69. The second-order valence-corrected chi connectivity index (χ2v) is 20.7. The second-order valence-electron chi connectivity index (χ2n) is 19.3. The highest BCUT2D eigenvalue weighted by molar-refractivity contribution is 7.47. The van der Waals surface area contributed by atoms with Gasteiger partial charge in [0.05, 0.1) is 34.4 Å². The third kappa shape index (κ3) is 48.5. The lowest BCUT2D eigenvalue weighted by molar-refractivity contribution is -0.870. The molecular formula is C51H105NO7P+. The zero-order chi connectivity index (χ0) is 44.1. The lowest BCUT2D eigenvalue weighted by atomic mass is 10.0. The molecule has 0 saturated carbocycles. The molecule has 0 amide bonds. The van der Waals surface area contributed by atoms with Gasteiger partial charge >= 0.3 is 13.8 Å². The van der Waals surface area contributed by atoms with Crippen LogP contribution in [0, 0.1) is 0 Å². The van der Waals surface area contributed by atoms with E-state index in [1.54, 1.807) is 0 Å². The van der Waals surface area contributed by atoms with E-state index in [-0.39, 0.29) is 25.8 Å². The van der Waals surface area contributed by atoms with Gasteiger partial charge in [0.25, 0.3) is 0 Å². The maximum Gasteiger partial charge on any atom is 0.472 e. The smallest absolute Gasteiger partial charge is 0.457 e. The number of rotatable bonds is 50. The first-order chi connectivity index (χ1) is 29.1. The number of quaternary nitrogens is 1. The number of unbranched alkanes of at least 4 members (excludes halogenated alkanes) is 36. The topological polar surface area (TPSA) is 91.3 Å². The molecule has 0 radical (unpaired) electrons. The van der Waals surface area contributed by atoms with Gasteiger partial charge in [-0.1, -0.05) is 245 Å². The Morgan fingerprint density at radius 2 is 0.767 bits per heavy atom. The first kappa shape index (κ1) is 59.5. The summed E-state index contributed by atoms with van der Waals surface area (Å²) >= 11 is 0. The SMILES string of the molecule is CCCCCCCCCCCCCCCCCCCCCCCCCCC(=O)O[C@H](COCCCCCCCCCCCCCCCC)COP(=O)(O)OCC[N+](C)(C)C. The summed E-state index contributed by atoms with van der Waals surface area (Å²) in [6, 6.07) is 0. The van der Waals surface area contributed by atoms with Gasteiger partial charge in [-0.2, -0.15) is 0 Å². The van der Waals surface area contributed by atoms with Crippen LogP contribution in [0.1, 0.15) is 264 Å². The first-order valence-corrected chi connectivity index (χ1v) is 27.8. The minimum atomic E-state index is -4.27. The first-order valence-electron chi connectivity index (χ1n) is 26.3. The number of carbonyl (C=O) groups excluding carboxylic acids is 1. The Balaban J connectivity index is 4.02. The fraction of sp³-hybridized carbons (Fsp3) is 0.980. The summed E-state index contributed by atoms with van der Waals surface area (Å²) in [5.41, 5.74) is 0. The fourth-order valence-electron chi connectivity index (χ4n) is 7.85. The van der Waals surface area contributed by atoms with E-state index in [9.17, 15) is 14.3 Å². The molecule has 0 aliphatic carbocycles. The van der Waals surface area contributed by atoms with Gasteiger partial charge in [0.1, 0.15) is 19.3 Å². The molecule has 360 valence electrons. The van der Waals surface area contributed by atoms with Crippen molar-refractivity contribution in [3.05, 3.63) is 0 Å². The molecule has 0 aliphatic heterocycles. The maximum absolute atomic E-state index is 12.8. The number of nitrogens with zero attached hydrogens (tertiary/aromatic N) is 1. The number of likely N-dealkylation sites (N-methyl/N-ethyl adjacent to an activating group) is 1. The molecular weight excluding hydrogens is 770 g/mol. The van der Waals surface area contributed by atoms with E-state index >= 15 is 0 Å². The highest BCUT2D eigenvalue weighted by atomic mass is 31.2. The average Bonchev–Trinajstić information content (AvgIpc) is 3.20. The van der Waals surface area contributed by atoms with Gasteiger partial charge in [-0.05, 0) is 12.8 Å². The molecule has 0 spiro atoms. The Kier molecular flexibility index (Phi) is 44.7. The molecule has 2 atom stereocenters. The molecule has 0 aromatic heterocycles. The predicted molar refractivity (Wildman–Crippen MR) is 257 cm³/mol. The third-order valence-corrected chi connectivity index (χ3v) is 12.9. The predicted octanol–water partition coefficient (Wildman–Crippen LogP) is 16.0. The number of carbonyl (C=O) groups is 1. The molecule has 8 nitrogen and oxygen atoms in total. The van der Waals surface area contributed by atoms with Gasteiger partial charge in [-0.3, -0.25) is 13.8 Å². The molecule has 0 fully saturated rings. The molecule has 0 aromatic rings. The van der Waals surface area contributed by atoms with Crippen LogP contribution in [0.3, 0.4) is 0 Å². The van der Waals surface area contributed by atoms with Gasteiger partial charge < -0.3 is 18.9 Å². The molecule has 0 bridgehead atoms. The summed E-state index contributed by atoms with van der Waals surface area (Å²) in [6.45, 7) is 5.70. The monoisotopic (exact) mass is 875 g/mol. The summed E-state index contributed by atoms with van der Waals surface area (Å²) in [6.07, 6.45) is 50.1. The third-order valence-electron chi connectivity index (χ3n) is 11.9. The van der Waals surface area contributed by atoms with Gasteiger partial charge in [-0.25, -0.2) is 4.57 Å². The Hall–Kier alpha value is -0.500. The minimum absolute atomic E-state index is 0.0942. The lowest BCUT2D eigenvalue weighted by Gasteiger charge is -2.24. The van der Waals surface area contributed by atoms with Crippen molar-refractivity contribution in [2.75, 3.05) is 54.1 Å². The van der Waals surface area contributed by atoms with Crippen LogP contribution in [0.2, 0.25) is 0 Å². The second kappa shape index (κ2) is 45.1. The Morgan fingerprint density at radius 1 is 0.450 bits per heavy atom. The summed E-state index contributed by atoms with van der Waals surface area (Å²) in [5, 5.41) is 0. The van der Waals surface area contributed by atoms with Crippen LogP contribution >= 0.6 is 7.82 Å². The lowest BCUT2D eigenvalue weighted by Crippen LogP contribution is -2.37. The summed E-state index contributed by atoms with van der Waals surface area (Å²) in [5.74, 6) is -0.304. The van der Waals surface area contributed by atoms with Crippen molar-refractivity contribution in [1.82, 2.24) is 0 Å². The summed E-state index contributed by atoms with van der Waals surface area (Å²) < 4.78 is 35.1. The average molecular weight is 875 g/mol. The standard InChI is InChI=1S/C51H104NO7P/c1-6-8-10-12-14-16-18-20-22-23-24-25-26-27-28-29-30-31-32-34-36-38-40-42-44-51(53)59-50(49-58-60(54,55)57-47-45-52(3,4)5)48-56-46-43-41-39-37-35-33-21-19-17-15-13-11-9-7-2/h50H,6-49H2,1-5H3/p+1/t50-/m1/s1. The Labute approximate surface area is 374 Å². The number of esters is 1. The van der Waals surface area contributed by atoms with Crippen LogP contribution in [0.15, 0.2) is 0 Å². The molecule has 0 aliphatic rings. The van der Waals surface area contributed by atoms with Crippen LogP contribution in [0.25, 0.3) is 0 Å². The number of hydrogen-bond donors (Lipinski definition) is 1. The zero-order valence-electron chi connectivity index (χ0n) is 41.0. The van der Waals surface area contributed by atoms with Crippen molar-refractivity contribution in [1.29, 1.82) is 0 Å². The zero-order valence-corrected chi connectivity index (χ0v) is 41.9. The number of hydrogen-bond acceptors (Lipinski definition) is 6. The van der Waals surface area contributed by atoms with Crippen molar-refractivity contribution >= 4 is 13.8 Å². The molecule has 0 saturated heterocycles. The van der Waals surface area contributed by atoms with E-state index in [4.69, 9.17) is 18.5 Å². The van der Waals surface area contributed by atoms with E-state index in [1.807, 2.05) is 21.1 Å². The van der Waals surface area contributed by atoms with Gasteiger partial charge in [-0.15, -0.1) is 0 Å². The van der Waals surface area contributed by atoms with E-state index in [2.05, 4.69) is 13.8 Å². The highest BCUT2D eigenvalue weighted by Gasteiger charge is 2.26. The highest BCUT2D eigenvalue weighted by Crippen LogP contribution is 2.43. The molecule has 1 N–H and O–H groups in total. The largest absolute Gasteiger partial charge is 0.472 e. The minimum Gasteiger partial charge on any atom is -0.457 e. The van der Waals surface area contributed by atoms with Crippen LogP contribution in [-0.2, 0) is 27.9 Å². The number of phosphoric ester groups is 1. The quantitative estimate of drug-likeness (QED) is 0.0282. The van der Waals surface area contributed by atoms with Crippen LogP contribution in [-0.4, -0.2) is 75.6 Å². The Morgan fingerprint density at radius 3 is 1.10 bits per heavy atom. The van der Waals surface area contributed by atoms with Crippen LogP contribution < -0.4 is 0 Å². The number of phosphoric acid groups is 1. The maximum atomic E-state index is 12.8. The van der Waals surface area contributed by atoms with Crippen LogP contribution in [0.4, 0.5) is 0 Å². The van der Waals surface area contributed by atoms with E-state index in [0.29, 0.717) is 24.1 Å². The molecule has 9 heteroatoms. The van der Waals surface area contributed by atoms with Crippen molar-refractivity contribution < 1.29 is 37.3 Å². The summed E-state index contributed by atoms with van der Waals surface area (Å²) in [4.78, 5) is 23.0.